The minimum Gasteiger partial charge on any atom is -0.350 e. The fraction of sp³-hybridized carbons (Fsp3) is 0.167. The van der Waals surface area contributed by atoms with Crippen molar-refractivity contribution in [3.63, 3.8) is 0 Å². The Kier molecular flexibility index (Phi) is 4.22. The van der Waals surface area contributed by atoms with Crippen LogP contribution in [0.4, 0.5) is 13.2 Å². The molecular weight excluding hydrogens is 393 g/mol. The highest BCUT2D eigenvalue weighted by molar-refractivity contribution is 7.17. The molecule has 2 N–H and O–H groups in total. The lowest BCUT2D eigenvalue weighted by molar-refractivity contribution is 0.0735. The average Bonchev–Trinajstić information content (AvgIpc) is 3.19. The molecule has 1 amide bonds. The van der Waals surface area contributed by atoms with Gasteiger partial charge in [0.2, 0.25) is 0 Å². The predicted octanol–water partition coefficient (Wildman–Crippen LogP) is 3.72. The van der Waals surface area contributed by atoms with Gasteiger partial charge in [0.15, 0.2) is 16.8 Å². The number of rotatable bonds is 3. The van der Waals surface area contributed by atoms with E-state index in [2.05, 4.69) is 15.2 Å². The number of H-pyrrole nitrogens is 2. The first-order chi connectivity index (χ1) is 13.3. The Hall–Kier alpha value is -3.14. The number of halogens is 3. The minimum absolute atomic E-state index is 0.0625. The summed E-state index contributed by atoms with van der Waals surface area (Å²) >= 11 is 0.915. The Morgan fingerprint density at radius 2 is 1.82 bits per heavy atom. The van der Waals surface area contributed by atoms with Crippen LogP contribution < -0.4 is 5.56 Å². The highest BCUT2D eigenvalue weighted by Crippen LogP contribution is 2.28. The first kappa shape index (κ1) is 18.2. The van der Waals surface area contributed by atoms with E-state index in [0.29, 0.717) is 10.2 Å². The fourth-order valence-corrected chi connectivity index (χ4v) is 3.84. The quantitative estimate of drug-likeness (QED) is 0.544. The summed E-state index contributed by atoms with van der Waals surface area (Å²) < 4.78 is 41.1. The summed E-state index contributed by atoms with van der Waals surface area (Å²) in [6.07, 6.45) is 0. The molecule has 0 saturated carbocycles. The molecule has 0 bridgehead atoms. The van der Waals surface area contributed by atoms with Crippen LogP contribution in [0.5, 0.6) is 0 Å². The van der Waals surface area contributed by atoms with Crippen molar-refractivity contribution in [1.29, 1.82) is 0 Å². The van der Waals surface area contributed by atoms with Crippen molar-refractivity contribution in [3.8, 4) is 0 Å². The second kappa shape index (κ2) is 6.48. The normalized spacial score (nSPS) is 12.6. The second-order valence-electron chi connectivity index (χ2n) is 6.35. The van der Waals surface area contributed by atoms with Gasteiger partial charge in [-0.2, -0.15) is 9.49 Å². The molecule has 1 aromatic carbocycles. The number of benzene rings is 1. The van der Waals surface area contributed by atoms with E-state index in [-0.39, 0.29) is 27.3 Å². The number of aromatic nitrogens is 3. The zero-order chi connectivity index (χ0) is 20.2. The van der Waals surface area contributed by atoms with Crippen molar-refractivity contribution in [2.75, 3.05) is 7.05 Å². The number of fused-ring (bicyclic) bond motifs is 2. The van der Waals surface area contributed by atoms with Crippen molar-refractivity contribution in [2.24, 2.45) is 0 Å². The lowest BCUT2D eigenvalue weighted by Crippen LogP contribution is -2.31. The van der Waals surface area contributed by atoms with Crippen LogP contribution in [-0.2, 0) is 0 Å². The van der Waals surface area contributed by atoms with Crippen molar-refractivity contribution in [3.05, 3.63) is 62.8 Å². The zero-order valence-electron chi connectivity index (χ0n) is 14.6. The number of aromatic amines is 2. The van der Waals surface area contributed by atoms with Gasteiger partial charge in [-0.15, -0.1) is 11.3 Å². The Labute approximate surface area is 159 Å². The van der Waals surface area contributed by atoms with E-state index in [9.17, 15) is 22.8 Å². The number of thiophene rings is 1. The number of nitrogens with one attached hydrogen (secondary N) is 2. The molecule has 0 unspecified atom stereocenters. The maximum absolute atomic E-state index is 13.7. The summed E-state index contributed by atoms with van der Waals surface area (Å²) in [5.74, 6) is -2.67. The average molecular weight is 406 g/mol. The molecule has 4 aromatic rings. The summed E-state index contributed by atoms with van der Waals surface area (Å²) in [4.78, 5) is 28.9. The molecule has 1 atom stereocenters. The summed E-state index contributed by atoms with van der Waals surface area (Å²) in [6.45, 7) is 1.64. The van der Waals surface area contributed by atoms with Crippen molar-refractivity contribution >= 4 is 38.2 Å². The molecular formula is C18H13F3N4O2S. The topological polar surface area (TPSA) is 81.8 Å². The third-order valence-electron chi connectivity index (χ3n) is 4.66. The van der Waals surface area contributed by atoms with Crippen LogP contribution in [-0.4, -0.2) is 33.0 Å². The number of hydrogen-bond acceptors (Lipinski definition) is 4. The molecule has 0 radical (unpaired) electrons. The molecule has 3 heterocycles. The molecule has 6 nitrogen and oxygen atoms in total. The summed E-state index contributed by atoms with van der Waals surface area (Å²) in [6, 6.07) is 3.87. The van der Waals surface area contributed by atoms with Gasteiger partial charge in [0.1, 0.15) is 5.69 Å². The van der Waals surface area contributed by atoms with E-state index in [4.69, 9.17) is 0 Å². The maximum Gasteiger partial charge on any atom is 0.272 e. The smallest absolute Gasteiger partial charge is 0.272 e. The van der Waals surface area contributed by atoms with Crippen LogP contribution in [0.2, 0.25) is 0 Å². The molecule has 10 heteroatoms. The number of hydrogen-bond donors (Lipinski definition) is 2. The number of carbonyl (C=O) groups is 1. The fourth-order valence-electron chi connectivity index (χ4n) is 3.05. The Morgan fingerprint density at radius 3 is 2.50 bits per heavy atom. The predicted molar refractivity (Wildman–Crippen MR) is 98.9 cm³/mol. The van der Waals surface area contributed by atoms with Gasteiger partial charge in [-0.1, -0.05) is 0 Å². The van der Waals surface area contributed by atoms with Crippen LogP contribution >= 0.6 is 11.3 Å². The third-order valence-corrected chi connectivity index (χ3v) is 5.53. The molecule has 0 saturated heterocycles. The molecule has 3 aromatic heterocycles. The van der Waals surface area contributed by atoms with E-state index in [1.807, 2.05) is 0 Å². The van der Waals surface area contributed by atoms with Crippen molar-refractivity contribution in [2.45, 2.75) is 13.0 Å². The van der Waals surface area contributed by atoms with E-state index in [0.717, 1.165) is 23.5 Å². The van der Waals surface area contributed by atoms with Crippen LogP contribution in [0.1, 0.15) is 29.1 Å². The highest BCUT2D eigenvalue weighted by Gasteiger charge is 2.25. The number of amides is 1. The monoisotopic (exact) mass is 406 g/mol. The number of carbonyl (C=O) groups excluding carboxylic acids is 1. The summed E-state index contributed by atoms with van der Waals surface area (Å²) in [5, 5.41) is 5.88. The van der Waals surface area contributed by atoms with Crippen LogP contribution in [0.15, 0.2) is 29.1 Å². The Bertz CT molecular complexity index is 1260. The molecule has 144 valence electrons. The van der Waals surface area contributed by atoms with Crippen LogP contribution in [0, 0.1) is 16.8 Å². The van der Waals surface area contributed by atoms with Gasteiger partial charge < -0.3 is 9.88 Å². The lowest BCUT2D eigenvalue weighted by Gasteiger charge is -2.24. The zero-order valence-corrected chi connectivity index (χ0v) is 15.5. The molecule has 0 aliphatic carbocycles. The first-order valence-corrected chi connectivity index (χ1v) is 9.00. The third kappa shape index (κ3) is 2.85. The maximum atomic E-state index is 13.7. The van der Waals surface area contributed by atoms with Crippen LogP contribution in [0.3, 0.4) is 0 Å². The second-order valence-corrected chi connectivity index (χ2v) is 7.39. The Morgan fingerprint density at radius 1 is 1.14 bits per heavy atom. The highest BCUT2D eigenvalue weighted by atomic mass is 32.1. The molecule has 4 rings (SSSR count). The molecule has 0 fully saturated rings. The lowest BCUT2D eigenvalue weighted by atomic mass is 10.1. The van der Waals surface area contributed by atoms with Gasteiger partial charge in [0.05, 0.1) is 27.3 Å². The van der Waals surface area contributed by atoms with E-state index in [1.54, 1.807) is 13.0 Å². The Balaban J connectivity index is 1.73. The van der Waals surface area contributed by atoms with Crippen LogP contribution in [0.25, 0.3) is 21.0 Å². The summed E-state index contributed by atoms with van der Waals surface area (Å²) in [7, 11) is 1.51. The van der Waals surface area contributed by atoms with Gasteiger partial charge in [0, 0.05) is 18.5 Å². The van der Waals surface area contributed by atoms with E-state index in [1.165, 1.54) is 18.0 Å². The molecule has 28 heavy (non-hydrogen) atoms. The largest absolute Gasteiger partial charge is 0.350 e. The SMILES string of the molecule is C[C@@H](c1n[nH]c(=O)c2cc(F)c(F)cc12)N(C)C(=O)c1cc2sc(F)cc2[nH]1. The minimum atomic E-state index is -1.15. The van der Waals surface area contributed by atoms with Gasteiger partial charge in [0.25, 0.3) is 11.5 Å². The standard InChI is InChI=1S/C18H13F3N4O2S/c1-7(16-8-3-10(19)11(20)4-9(8)17(26)24-23-16)25(2)18(27)13-5-14-12(22-13)6-15(21)28-14/h3-7,22H,1-2H3,(H,24,26)/t7-/m0/s1. The van der Waals surface area contributed by atoms with Gasteiger partial charge in [-0.3, -0.25) is 9.59 Å². The molecule has 0 aliphatic rings. The van der Waals surface area contributed by atoms with E-state index < -0.39 is 29.1 Å². The van der Waals surface area contributed by atoms with E-state index >= 15 is 0 Å². The van der Waals surface area contributed by atoms with Crippen molar-refractivity contribution < 1.29 is 18.0 Å². The first-order valence-electron chi connectivity index (χ1n) is 8.19. The molecule has 0 aliphatic heterocycles. The molecule has 0 spiro atoms. The van der Waals surface area contributed by atoms with Gasteiger partial charge in [-0.05, 0) is 25.1 Å². The van der Waals surface area contributed by atoms with Gasteiger partial charge in [-0.25, -0.2) is 13.9 Å². The number of nitrogens with zero attached hydrogens (tertiary/aromatic N) is 2. The van der Waals surface area contributed by atoms with Crippen molar-refractivity contribution in [1.82, 2.24) is 20.1 Å². The summed E-state index contributed by atoms with van der Waals surface area (Å²) in [5.41, 5.74) is 0.313. The van der Waals surface area contributed by atoms with Gasteiger partial charge >= 0.3 is 0 Å².